The molecular weight excluding hydrogens is 518 g/mol. The normalized spacial score (nSPS) is 21.6. The molecule has 0 bridgehead atoms. The molecule has 212 valence electrons. The van der Waals surface area contributed by atoms with Crippen LogP contribution in [0, 0.1) is 5.92 Å². The first-order valence-electron chi connectivity index (χ1n) is 15.6. The lowest BCUT2D eigenvalue weighted by molar-refractivity contribution is -0.122. The predicted octanol–water partition coefficient (Wildman–Crippen LogP) is 6.64. The number of amides is 2. The van der Waals surface area contributed by atoms with Crippen LogP contribution in [0.3, 0.4) is 0 Å². The van der Waals surface area contributed by atoms with E-state index in [-0.39, 0.29) is 12.3 Å². The van der Waals surface area contributed by atoms with Gasteiger partial charge >= 0.3 is 0 Å². The van der Waals surface area contributed by atoms with Gasteiger partial charge in [-0.15, -0.1) is 0 Å². The Balaban J connectivity index is 1.04. The van der Waals surface area contributed by atoms with Gasteiger partial charge in [-0.05, 0) is 97.3 Å². The third kappa shape index (κ3) is 5.14. The molecule has 0 aliphatic carbocycles. The summed E-state index contributed by atoms with van der Waals surface area (Å²) in [4.78, 5) is 30.5. The zero-order chi connectivity index (χ0) is 29.6. The second-order valence-corrected chi connectivity index (χ2v) is 12.0. The average molecular weight is 557 g/mol. The van der Waals surface area contributed by atoms with E-state index in [9.17, 15) is 9.59 Å². The smallest absolute Gasteiger partial charge is 0.259 e. The summed E-state index contributed by atoms with van der Waals surface area (Å²) in [5.41, 5.74) is 6.93. The molecule has 7 rings (SSSR count). The van der Waals surface area contributed by atoms with Crippen LogP contribution >= 0.6 is 0 Å². The fourth-order valence-corrected chi connectivity index (χ4v) is 6.89. The molecule has 3 aliphatic heterocycles. The molecule has 0 unspecified atom stereocenters. The van der Waals surface area contributed by atoms with Crippen molar-refractivity contribution in [1.82, 2.24) is 10.2 Å². The Labute approximate surface area is 249 Å². The first kappa shape index (κ1) is 25.5. The van der Waals surface area contributed by atoms with Crippen molar-refractivity contribution in [2.75, 3.05) is 18.0 Å². The van der Waals surface area contributed by atoms with E-state index < -0.39 is 11.9 Å². The largest absolute Gasteiger partial charge is 0.329 e. The summed E-state index contributed by atoms with van der Waals surface area (Å²) in [5, 5.41) is 4.53. The number of hydrogen-bond acceptors (Lipinski definition) is 3. The molecule has 3 aliphatic rings. The Morgan fingerprint density at radius 3 is 2.36 bits per heavy atom. The van der Waals surface area contributed by atoms with Crippen LogP contribution in [-0.4, -0.2) is 35.8 Å². The van der Waals surface area contributed by atoms with Crippen LogP contribution in [0.1, 0.15) is 59.7 Å². The van der Waals surface area contributed by atoms with Crippen molar-refractivity contribution in [2.45, 2.75) is 51.1 Å². The predicted molar refractivity (Wildman–Crippen MR) is 168 cm³/mol. The number of rotatable bonds is 7. The van der Waals surface area contributed by atoms with Crippen molar-refractivity contribution in [3.8, 4) is 0 Å². The van der Waals surface area contributed by atoms with Gasteiger partial charge in [-0.3, -0.25) is 19.4 Å². The Hall–Kier alpha value is -4.22. The number of carbonyl (C=O) groups is 2. The van der Waals surface area contributed by atoms with Crippen molar-refractivity contribution in [2.24, 2.45) is 5.92 Å². The molecule has 0 saturated carbocycles. The molecule has 0 radical (unpaired) electrons. The number of nitrogens with zero attached hydrogens (tertiary/aromatic N) is 2. The number of likely N-dealkylation sites (tertiary alicyclic amines) is 1. The molecule has 1 atom stereocenters. The monoisotopic (exact) mass is 556 g/mol. The minimum Gasteiger partial charge on any atom is -0.329 e. The number of piperidine rings is 2. The standard InChI is InChI=1S/C37H37N3O2/c1-25-10-16-34(36(41)38-25)40-33-17-15-30(31-8-5-9-32(35(31)33)37(40)42)23-27-13-11-26(12-14-27)22-28-18-20-39(21-19-28)24-29-6-3-2-4-7-29/h2-9,11-15,17,28,34H,1,10,16,18-24H2,(H,38,41)/t34-/m0/s1/i34D. The van der Waals surface area contributed by atoms with Gasteiger partial charge in [0.1, 0.15) is 6.02 Å². The van der Waals surface area contributed by atoms with Crippen LogP contribution in [0.15, 0.2) is 97.2 Å². The van der Waals surface area contributed by atoms with Crippen LogP contribution in [-0.2, 0) is 24.2 Å². The Bertz CT molecular complexity index is 1710. The van der Waals surface area contributed by atoms with E-state index in [0.717, 1.165) is 54.7 Å². The third-order valence-electron chi connectivity index (χ3n) is 9.17. The van der Waals surface area contributed by atoms with Crippen LogP contribution < -0.4 is 10.2 Å². The Morgan fingerprint density at radius 1 is 0.833 bits per heavy atom. The number of allylic oxidation sites excluding steroid dienone is 1. The first-order chi connectivity index (χ1) is 20.9. The Morgan fingerprint density at radius 2 is 1.60 bits per heavy atom. The number of benzene rings is 4. The topological polar surface area (TPSA) is 52.7 Å². The minimum absolute atomic E-state index is 0.222. The van der Waals surface area contributed by atoms with Crippen LogP contribution in [0.2, 0.25) is 0 Å². The first-order valence-corrected chi connectivity index (χ1v) is 15.1. The van der Waals surface area contributed by atoms with Gasteiger partial charge in [-0.25, -0.2) is 0 Å². The van der Waals surface area contributed by atoms with Crippen LogP contribution in [0.25, 0.3) is 10.8 Å². The highest BCUT2D eigenvalue weighted by molar-refractivity contribution is 6.27. The molecule has 5 nitrogen and oxygen atoms in total. The van der Waals surface area contributed by atoms with E-state index in [0.29, 0.717) is 23.4 Å². The van der Waals surface area contributed by atoms with E-state index in [4.69, 9.17) is 1.37 Å². The van der Waals surface area contributed by atoms with Crippen molar-refractivity contribution in [3.05, 3.63) is 125 Å². The van der Waals surface area contributed by atoms with Crippen molar-refractivity contribution >= 4 is 28.3 Å². The number of anilines is 1. The molecule has 2 fully saturated rings. The summed E-state index contributed by atoms with van der Waals surface area (Å²) in [7, 11) is 0. The van der Waals surface area contributed by atoms with Gasteiger partial charge in [0.2, 0.25) is 5.91 Å². The summed E-state index contributed by atoms with van der Waals surface area (Å²) >= 11 is 0. The van der Waals surface area contributed by atoms with Gasteiger partial charge in [0.05, 0.1) is 7.06 Å². The number of nitrogens with one attached hydrogen (secondary N) is 1. The summed E-state index contributed by atoms with van der Waals surface area (Å²) in [5.74, 6) is -0.0647. The van der Waals surface area contributed by atoms with E-state index >= 15 is 0 Å². The molecule has 42 heavy (non-hydrogen) atoms. The lowest BCUT2D eigenvalue weighted by Gasteiger charge is -2.32. The van der Waals surface area contributed by atoms with E-state index in [1.54, 1.807) is 0 Å². The highest BCUT2D eigenvalue weighted by Gasteiger charge is 2.40. The highest BCUT2D eigenvalue weighted by Crippen LogP contribution is 2.41. The molecule has 2 saturated heterocycles. The van der Waals surface area contributed by atoms with E-state index in [2.05, 4.69) is 71.4 Å². The SMILES string of the molecule is [2H][C@]1(N2C(=O)c3cccc4c(Cc5ccc(CC6CCN(Cc7ccccc7)CC6)cc5)ccc2c34)CCC(=C)NC1=O. The number of carbonyl (C=O) groups excluding carboxylic acids is 2. The molecule has 1 N–H and O–H groups in total. The van der Waals surface area contributed by atoms with Crippen LogP contribution in [0.5, 0.6) is 0 Å². The summed E-state index contributed by atoms with van der Waals surface area (Å²) < 4.78 is 9.03. The fraction of sp³-hybridized carbons (Fsp3) is 0.297. The lowest BCUT2D eigenvalue weighted by Crippen LogP contribution is -2.51. The van der Waals surface area contributed by atoms with Crippen molar-refractivity contribution < 1.29 is 11.0 Å². The molecule has 4 aromatic rings. The van der Waals surface area contributed by atoms with Gasteiger partial charge in [0.25, 0.3) is 5.91 Å². The van der Waals surface area contributed by atoms with Gasteiger partial charge < -0.3 is 5.32 Å². The lowest BCUT2D eigenvalue weighted by atomic mass is 9.89. The van der Waals surface area contributed by atoms with E-state index in [1.165, 1.54) is 34.4 Å². The van der Waals surface area contributed by atoms with Gasteiger partial charge in [-0.2, -0.15) is 0 Å². The molecule has 5 heteroatoms. The summed E-state index contributed by atoms with van der Waals surface area (Å²) in [6.45, 7) is 7.19. The molecule has 4 aromatic carbocycles. The van der Waals surface area contributed by atoms with Gasteiger partial charge in [0.15, 0.2) is 0 Å². The maximum absolute atomic E-state index is 13.6. The maximum atomic E-state index is 13.6. The summed E-state index contributed by atoms with van der Waals surface area (Å²) in [6.07, 6.45) is 5.04. The fourth-order valence-electron chi connectivity index (χ4n) is 6.89. The maximum Gasteiger partial charge on any atom is 0.259 e. The minimum atomic E-state index is -1.69. The second kappa shape index (κ2) is 11.2. The third-order valence-corrected chi connectivity index (χ3v) is 9.17. The zero-order valence-corrected chi connectivity index (χ0v) is 23.9. The quantitative estimate of drug-likeness (QED) is 0.278. The number of hydrogen-bond donors (Lipinski definition) is 1. The summed E-state index contributed by atoms with van der Waals surface area (Å²) in [6, 6.07) is 27.8. The molecule has 0 aromatic heterocycles. The second-order valence-electron chi connectivity index (χ2n) is 12.0. The molecule has 0 spiro atoms. The zero-order valence-electron chi connectivity index (χ0n) is 24.9. The molecular formula is C37H37N3O2. The van der Waals surface area contributed by atoms with Gasteiger partial charge in [-0.1, -0.05) is 79.4 Å². The van der Waals surface area contributed by atoms with Crippen molar-refractivity contribution in [1.29, 1.82) is 0 Å². The van der Waals surface area contributed by atoms with E-state index in [1.807, 2.05) is 30.3 Å². The van der Waals surface area contributed by atoms with Crippen LogP contribution in [0.4, 0.5) is 5.69 Å². The van der Waals surface area contributed by atoms with Crippen molar-refractivity contribution in [3.63, 3.8) is 0 Å². The highest BCUT2D eigenvalue weighted by atomic mass is 16.2. The molecule has 2 amide bonds. The van der Waals surface area contributed by atoms with Gasteiger partial charge in [0, 0.05) is 23.2 Å². The molecule has 3 heterocycles. The Kier molecular flexibility index (Phi) is 6.81. The average Bonchev–Trinajstić information content (AvgIpc) is 3.32.